The fourth-order valence-electron chi connectivity index (χ4n) is 1.58. The minimum atomic E-state index is -3.68. The van der Waals surface area contributed by atoms with Gasteiger partial charge in [-0.05, 0) is 44.0 Å². The highest BCUT2D eigenvalue weighted by Gasteiger charge is 2.14. The van der Waals surface area contributed by atoms with Gasteiger partial charge in [-0.25, -0.2) is 13.6 Å². The van der Waals surface area contributed by atoms with E-state index in [1.165, 1.54) is 6.07 Å². The van der Waals surface area contributed by atoms with Crippen LogP contribution in [0, 0.1) is 13.8 Å². The Bertz CT molecular complexity index is 511. The van der Waals surface area contributed by atoms with Crippen molar-refractivity contribution in [3.8, 4) is 5.75 Å². The van der Waals surface area contributed by atoms with Gasteiger partial charge in [0.25, 0.3) is 0 Å². The van der Waals surface area contributed by atoms with E-state index in [4.69, 9.17) is 14.6 Å². The summed E-state index contributed by atoms with van der Waals surface area (Å²) >= 11 is 0. The van der Waals surface area contributed by atoms with E-state index in [1.807, 2.05) is 6.92 Å². The summed E-state index contributed by atoms with van der Waals surface area (Å²) in [4.78, 5) is 0.136. The molecular formula is C12H19NO4S. The summed E-state index contributed by atoms with van der Waals surface area (Å²) in [6.07, 6.45) is 0. The lowest BCUT2D eigenvalue weighted by molar-refractivity contribution is 0.110. The molecule has 6 heteroatoms. The summed E-state index contributed by atoms with van der Waals surface area (Å²) in [5.74, 6) is 0.652. The minimum absolute atomic E-state index is 0.136. The van der Waals surface area contributed by atoms with E-state index >= 15 is 0 Å². The van der Waals surface area contributed by atoms with E-state index in [0.717, 1.165) is 5.56 Å². The first-order valence-corrected chi connectivity index (χ1v) is 7.25. The Morgan fingerprint density at radius 2 is 1.83 bits per heavy atom. The highest BCUT2D eigenvalue weighted by atomic mass is 32.2. The molecule has 0 aliphatic carbocycles. The van der Waals surface area contributed by atoms with Crippen LogP contribution < -0.4 is 9.88 Å². The van der Waals surface area contributed by atoms with Crippen LogP contribution in [0.1, 0.15) is 18.1 Å². The van der Waals surface area contributed by atoms with Crippen LogP contribution in [0.15, 0.2) is 17.0 Å². The smallest absolute Gasteiger partial charge is 0.238 e. The van der Waals surface area contributed by atoms with Crippen molar-refractivity contribution in [1.82, 2.24) is 0 Å². The van der Waals surface area contributed by atoms with Crippen molar-refractivity contribution in [1.29, 1.82) is 0 Å². The lowest BCUT2D eigenvalue weighted by Gasteiger charge is -2.12. The van der Waals surface area contributed by atoms with Crippen molar-refractivity contribution in [2.45, 2.75) is 25.7 Å². The molecule has 1 aromatic rings. The third kappa shape index (κ3) is 3.97. The second-order valence-electron chi connectivity index (χ2n) is 3.97. The standard InChI is InChI=1S/C12H19NO4S/c1-4-16-5-6-17-11-7-10(3)12(8-9(11)2)18(13,14)15/h7-8H,4-6H2,1-3H3,(H2,13,14,15). The molecule has 0 aromatic heterocycles. The van der Waals surface area contributed by atoms with Gasteiger partial charge in [0.05, 0.1) is 11.5 Å². The van der Waals surface area contributed by atoms with Gasteiger partial charge in [-0.3, -0.25) is 0 Å². The van der Waals surface area contributed by atoms with Gasteiger partial charge in [-0.1, -0.05) is 0 Å². The number of aryl methyl sites for hydroxylation is 2. The fourth-order valence-corrected chi connectivity index (χ4v) is 2.43. The fraction of sp³-hybridized carbons (Fsp3) is 0.500. The van der Waals surface area contributed by atoms with Crippen LogP contribution in [0.4, 0.5) is 0 Å². The molecule has 2 N–H and O–H groups in total. The van der Waals surface area contributed by atoms with Gasteiger partial charge in [0.1, 0.15) is 12.4 Å². The largest absolute Gasteiger partial charge is 0.491 e. The summed E-state index contributed by atoms with van der Waals surface area (Å²) in [6.45, 7) is 6.97. The second-order valence-corrected chi connectivity index (χ2v) is 5.50. The van der Waals surface area contributed by atoms with Gasteiger partial charge < -0.3 is 9.47 Å². The molecule has 0 radical (unpaired) electrons. The second kappa shape index (κ2) is 6.17. The van der Waals surface area contributed by atoms with Crippen LogP contribution in [-0.4, -0.2) is 28.2 Å². The molecule has 0 spiro atoms. The molecule has 0 saturated heterocycles. The molecule has 0 saturated carbocycles. The quantitative estimate of drug-likeness (QED) is 0.794. The lowest BCUT2D eigenvalue weighted by atomic mass is 10.1. The average Bonchev–Trinajstić information content (AvgIpc) is 2.27. The Hall–Kier alpha value is -1.11. The van der Waals surface area contributed by atoms with E-state index in [1.54, 1.807) is 19.9 Å². The lowest BCUT2D eigenvalue weighted by Crippen LogP contribution is -2.14. The number of benzene rings is 1. The maximum atomic E-state index is 11.3. The Morgan fingerprint density at radius 1 is 1.17 bits per heavy atom. The van der Waals surface area contributed by atoms with Crippen LogP contribution in [-0.2, 0) is 14.8 Å². The van der Waals surface area contributed by atoms with Gasteiger partial charge in [0.2, 0.25) is 10.0 Å². The topological polar surface area (TPSA) is 78.6 Å². The maximum Gasteiger partial charge on any atom is 0.238 e. The van der Waals surface area contributed by atoms with Crippen molar-refractivity contribution in [2.24, 2.45) is 5.14 Å². The summed E-state index contributed by atoms with van der Waals surface area (Å²) in [5, 5.41) is 5.13. The van der Waals surface area contributed by atoms with Crippen molar-refractivity contribution in [2.75, 3.05) is 19.8 Å². The molecule has 0 fully saturated rings. The average molecular weight is 273 g/mol. The van der Waals surface area contributed by atoms with Crippen molar-refractivity contribution in [3.63, 3.8) is 0 Å². The zero-order valence-electron chi connectivity index (χ0n) is 10.9. The highest BCUT2D eigenvalue weighted by Crippen LogP contribution is 2.25. The number of sulfonamides is 1. The molecule has 1 aromatic carbocycles. The molecule has 0 aliphatic rings. The Labute approximate surface area is 108 Å². The zero-order valence-corrected chi connectivity index (χ0v) is 11.7. The molecule has 0 aliphatic heterocycles. The summed E-state index contributed by atoms with van der Waals surface area (Å²) in [6, 6.07) is 3.21. The first-order valence-electron chi connectivity index (χ1n) is 5.71. The highest BCUT2D eigenvalue weighted by molar-refractivity contribution is 7.89. The van der Waals surface area contributed by atoms with Gasteiger partial charge >= 0.3 is 0 Å². The predicted octanol–water partition coefficient (Wildman–Crippen LogP) is 1.37. The minimum Gasteiger partial charge on any atom is -0.491 e. The first-order chi connectivity index (χ1) is 8.36. The Balaban J connectivity index is 2.87. The van der Waals surface area contributed by atoms with Crippen LogP contribution >= 0.6 is 0 Å². The van der Waals surface area contributed by atoms with Crippen molar-refractivity contribution < 1.29 is 17.9 Å². The van der Waals surface area contributed by atoms with E-state index in [0.29, 0.717) is 31.1 Å². The van der Waals surface area contributed by atoms with E-state index < -0.39 is 10.0 Å². The molecule has 18 heavy (non-hydrogen) atoms. The van der Waals surface area contributed by atoms with Crippen LogP contribution in [0.3, 0.4) is 0 Å². The van der Waals surface area contributed by atoms with Crippen LogP contribution in [0.25, 0.3) is 0 Å². The molecule has 0 atom stereocenters. The summed E-state index contributed by atoms with van der Waals surface area (Å²) in [7, 11) is -3.68. The SMILES string of the molecule is CCOCCOc1cc(C)c(S(N)(=O)=O)cc1C. The zero-order chi connectivity index (χ0) is 13.8. The normalized spacial score (nSPS) is 11.6. The Kier molecular flexibility index (Phi) is 5.13. The maximum absolute atomic E-state index is 11.3. The molecular weight excluding hydrogens is 254 g/mol. The summed E-state index contributed by atoms with van der Waals surface area (Å²) < 4.78 is 33.4. The summed E-state index contributed by atoms with van der Waals surface area (Å²) in [5.41, 5.74) is 1.32. The monoisotopic (exact) mass is 273 g/mol. The third-order valence-electron chi connectivity index (χ3n) is 2.47. The molecule has 1 rings (SSSR count). The third-order valence-corrected chi connectivity index (χ3v) is 3.52. The van der Waals surface area contributed by atoms with E-state index in [9.17, 15) is 8.42 Å². The molecule has 102 valence electrons. The Morgan fingerprint density at radius 3 is 2.39 bits per heavy atom. The molecule has 0 unspecified atom stereocenters. The number of rotatable bonds is 6. The number of hydrogen-bond donors (Lipinski definition) is 1. The van der Waals surface area contributed by atoms with Gasteiger partial charge in [0.15, 0.2) is 0 Å². The number of hydrogen-bond acceptors (Lipinski definition) is 4. The first kappa shape index (κ1) is 14.9. The van der Waals surface area contributed by atoms with Gasteiger partial charge in [-0.2, -0.15) is 0 Å². The van der Waals surface area contributed by atoms with Crippen molar-refractivity contribution in [3.05, 3.63) is 23.3 Å². The molecule has 0 amide bonds. The van der Waals surface area contributed by atoms with E-state index in [2.05, 4.69) is 0 Å². The number of nitrogens with two attached hydrogens (primary N) is 1. The van der Waals surface area contributed by atoms with Gasteiger partial charge in [-0.15, -0.1) is 0 Å². The number of ether oxygens (including phenoxy) is 2. The molecule has 5 nitrogen and oxygen atoms in total. The van der Waals surface area contributed by atoms with Crippen LogP contribution in [0.2, 0.25) is 0 Å². The molecule has 0 bridgehead atoms. The van der Waals surface area contributed by atoms with Crippen LogP contribution in [0.5, 0.6) is 5.75 Å². The van der Waals surface area contributed by atoms with Crippen molar-refractivity contribution >= 4 is 10.0 Å². The predicted molar refractivity (Wildman–Crippen MR) is 69.3 cm³/mol. The number of primary sulfonamides is 1. The molecule has 0 heterocycles. The van der Waals surface area contributed by atoms with E-state index in [-0.39, 0.29) is 4.90 Å². The van der Waals surface area contributed by atoms with Gasteiger partial charge in [0, 0.05) is 6.61 Å².